The Kier molecular flexibility index (Phi) is 7.06. The second kappa shape index (κ2) is 9.72. The number of nitrogens with one attached hydrogen (secondary N) is 2. The Labute approximate surface area is 181 Å². The van der Waals surface area contributed by atoms with Gasteiger partial charge < -0.3 is 10.6 Å². The fraction of sp³-hybridized carbons (Fsp3) is 0.250. The van der Waals surface area contributed by atoms with Crippen LogP contribution in [0.3, 0.4) is 0 Å². The number of allylic oxidation sites excluding steroid dienone is 3. The first-order valence-corrected chi connectivity index (χ1v) is 10.3. The van der Waals surface area contributed by atoms with Crippen LogP contribution in [0, 0.1) is 18.7 Å². The van der Waals surface area contributed by atoms with E-state index in [1.54, 1.807) is 18.2 Å². The van der Waals surface area contributed by atoms with Crippen LogP contribution in [0.2, 0.25) is 0 Å². The molecule has 6 heteroatoms. The zero-order valence-electron chi connectivity index (χ0n) is 17.2. The average molecular weight is 426 g/mol. The summed E-state index contributed by atoms with van der Waals surface area (Å²) in [5.74, 6) is 0.0204. The van der Waals surface area contributed by atoms with Crippen LogP contribution in [-0.2, 0) is 0 Å². The lowest BCUT2D eigenvalue weighted by molar-refractivity contribution is 0.102. The normalized spacial score (nSPS) is 21.8. The van der Waals surface area contributed by atoms with Crippen LogP contribution in [0.1, 0.15) is 47.8 Å². The molecule has 1 amide bonds. The van der Waals surface area contributed by atoms with E-state index in [0.29, 0.717) is 22.6 Å². The first kappa shape index (κ1) is 21.8. The first-order chi connectivity index (χ1) is 14.3. The Balaban J connectivity index is 1.75. The average Bonchev–Trinajstić information content (AvgIpc) is 2.68. The molecule has 1 unspecified atom stereocenters. The smallest absolute Gasteiger partial charge is 0.258 e. The van der Waals surface area contributed by atoms with Crippen molar-refractivity contribution in [3.05, 3.63) is 89.0 Å². The van der Waals surface area contributed by atoms with E-state index in [1.807, 2.05) is 38.1 Å². The highest BCUT2D eigenvalue weighted by Gasteiger charge is 2.14. The molecule has 0 saturated heterocycles. The second-order valence-electron chi connectivity index (χ2n) is 7.53. The molecule has 3 rings (SSSR count). The molecule has 0 fully saturated rings. The number of nitrogens with zero attached hydrogens (tertiary/aromatic N) is 1. The van der Waals surface area contributed by atoms with Crippen molar-refractivity contribution in [3.8, 4) is 0 Å². The third kappa shape index (κ3) is 5.80. The van der Waals surface area contributed by atoms with Crippen molar-refractivity contribution in [2.45, 2.75) is 33.2 Å². The van der Waals surface area contributed by atoms with Gasteiger partial charge >= 0.3 is 0 Å². The molecule has 0 aliphatic carbocycles. The summed E-state index contributed by atoms with van der Waals surface area (Å²) in [7, 11) is 0. The zero-order chi connectivity index (χ0) is 21.7. The maximum Gasteiger partial charge on any atom is 0.258 e. The van der Waals surface area contributed by atoms with E-state index >= 15 is 0 Å². The lowest BCUT2D eigenvalue weighted by atomic mass is 10.1. The van der Waals surface area contributed by atoms with E-state index in [0.717, 1.165) is 17.5 Å². The van der Waals surface area contributed by atoms with Gasteiger partial charge in [0.25, 0.3) is 5.91 Å². The molecule has 0 radical (unpaired) electrons. The van der Waals surface area contributed by atoms with Gasteiger partial charge in [0.15, 0.2) is 0 Å². The molecular formula is C24H25ClFN3O. The lowest BCUT2D eigenvalue weighted by Gasteiger charge is -2.19. The molecule has 2 aromatic rings. The van der Waals surface area contributed by atoms with Gasteiger partial charge in [-0.25, -0.2) is 9.38 Å². The number of anilines is 1. The molecule has 1 aliphatic heterocycles. The number of aliphatic imine (C=N–C) groups is 1. The SMILES string of the molecule is Cc1ccc(F)c(C(=O)Nc2cccc([C@H](C)NC3=C/C(C)C/C=C/C(Cl)=N\3)c2)c1. The van der Waals surface area contributed by atoms with Crippen molar-refractivity contribution in [3.63, 3.8) is 0 Å². The van der Waals surface area contributed by atoms with E-state index in [2.05, 4.69) is 28.6 Å². The van der Waals surface area contributed by atoms with Crippen molar-refractivity contribution in [1.29, 1.82) is 0 Å². The maximum absolute atomic E-state index is 14.0. The minimum absolute atomic E-state index is 0.0253. The molecule has 0 bridgehead atoms. The number of aryl methyl sites for hydroxylation is 1. The van der Waals surface area contributed by atoms with Gasteiger partial charge in [-0.15, -0.1) is 0 Å². The fourth-order valence-electron chi connectivity index (χ4n) is 3.19. The summed E-state index contributed by atoms with van der Waals surface area (Å²) in [4.78, 5) is 16.9. The minimum Gasteiger partial charge on any atom is -0.364 e. The van der Waals surface area contributed by atoms with E-state index in [4.69, 9.17) is 11.6 Å². The van der Waals surface area contributed by atoms with Gasteiger partial charge in [-0.1, -0.05) is 48.4 Å². The first-order valence-electron chi connectivity index (χ1n) is 9.88. The summed E-state index contributed by atoms with van der Waals surface area (Å²) < 4.78 is 14.0. The van der Waals surface area contributed by atoms with Crippen LogP contribution < -0.4 is 10.6 Å². The number of carbonyl (C=O) groups is 1. The number of amides is 1. The fourth-order valence-corrected chi connectivity index (χ4v) is 3.37. The predicted molar refractivity (Wildman–Crippen MR) is 121 cm³/mol. The number of hydrogen-bond acceptors (Lipinski definition) is 3. The topological polar surface area (TPSA) is 53.5 Å². The second-order valence-corrected chi connectivity index (χ2v) is 7.92. The van der Waals surface area contributed by atoms with Gasteiger partial charge in [0.05, 0.1) is 11.6 Å². The third-order valence-corrected chi connectivity index (χ3v) is 5.02. The summed E-state index contributed by atoms with van der Waals surface area (Å²) >= 11 is 6.13. The van der Waals surface area contributed by atoms with Gasteiger partial charge in [-0.2, -0.15) is 0 Å². The molecule has 4 nitrogen and oxygen atoms in total. The summed E-state index contributed by atoms with van der Waals surface area (Å²) in [6.07, 6.45) is 6.76. The van der Waals surface area contributed by atoms with Crippen molar-refractivity contribution >= 4 is 28.4 Å². The van der Waals surface area contributed by atoms with E-state index in [1.165, 1.54) is 12.1 Å². The van der Waals surface area contributed by atoms with Gasteiger partial charge in [-0.3, -0.25) is 4.79 Å². The van der Waals surface area contributed by atoms with Crippen molar-refractivity contribution in [2.75, 3.05) is 5.32 Å². The summed E-state index contributed by atoms with van der Waals surface area (Å²) in [5.41, 5.74) is 2.40. The Morgan fingerprint density at radius 2 is 2.07 bits per heavy atom. The molecule has 0 aromatic heterocycles. The molecule has 1 aliphatic rings. The van der Waals surface area contributed by atoms with Crippen molar-refractivity contribution < 1.29 is 9.18 Å². The number of rotatable bonds is 5. The Bertz CT molecular complexity index is 1030. The highest BCUT2D eigenvalue weighted by atomic mass is 35.5. The van der Waals surface area contributed by atoms with Crippen LogP contribution in [-0.4, -0.2) is 11.1 Å². The standard InChI is InChI=1S/C24H25ClFN3O/c1-15-6-4-9-22(25)29-23(13-15)27-17(3)18-7-5-8-19(14-18)28-24(30)20-12-16(2)10-11-21(20)26/h4-5,7-15,17,27H,6H2,1-3H3,(H,28,30)/b9-4+,23-13-,29-22+/t15?,17-/m0/s1. The van der Waals surface area contributed by atoms with E-state index in [9.17, 15) is 9.18 Å². The predicted octanol–water partition coefficient (Wildman–Crippen LogP) is 6.11. The van der Waals surface area contributed by atoms with Crippen LogP contribution >= 0.6 is 11.6 Å². The molecule has 0 spiro atoms. The molecular weight excluding hydrogens is 401 g/mol. The van der Waals surface area contributed by atoms with Gasteiger partial charge in [0.2, 0.25) is 0 Å². The van der Waals surface area contributed by atoms with E-state index in [-0.39, 0.29) is 11.6 Å². The summed E-state index contributed by atoms with van der Waals surface area (Å²) in [6.45, 7) is 5.94. The molecule has 156 valence electrons. The monoisotopic (exact) mass is 425 g/mol. The number of carbonyl (C=O) groups excluding carboxylic acids is 1. The summed E-state index contributed by atoms with van der Waals surface area (Å²) in [6, 6.07) is 11.8. The van der Waals surface area contributed by atoms with Crippen LogP contribution in [0.4, 0.5) is 10.1 Å². The quantitative estimate of drug-likeness (QED) is 0.607. The highest BCUT2D eigenvalue weighted by molar-refractivity contribution is 6.68. The van der Waals surface area contributed by atoms with Gasteiger partial charge in [0.1, 0.15) is 16.8 Å². The Morgan fingerprint density at radius 1 is 1.27 bits per heavy atom. The number of benzene rings is 2. The van der Waals surface area contributed by atoms with E-state index < -0.39 is 11.7 Å². The number of halogens is 2. The molecule has 30 heavy (non-hydrogen) atoms. The molecule has 2 N–H and O–H groups in total. The van der Waals surface area contributed by atoms with Crippen LogP contribution in [0.25, 0.3) is 0 Å². The summed E-state index contributed by atoms with van der Waals surface area (Å²) in [5, 5.41) is 6.58. The van der Waals surface area contributed by atoms with Gasteiger partial charge in [0, 0.05) is 5.69 Å². The maximum atomic E-state index is 14.0. The molecule has 2 aromatic carbocycles. The van der Waals surface area contributed by atoms with Gasteiger partial charge in [-0.05, 0) is 68.2 Å². The zero-order valence-corrected chi connectivity index (χ0v) is 18.0. The van der Waals surface area contributed by atoms with Crippen molar-refractivity contribution in [2.24, 2.45) is 10.9 Å². The molecule has 1 heterocycles. The minimum atomic E-state index is -0.543. The lowest BCUT2D eigenvalue weighted by Crippen LogP contribution is -2.19. The van der Waals surface area contributed by atoms with Crippen LogP contribution in [0.5, 0.6) is 0 Å². The molecule has 0 saturated carbocycles. The van der Waals surface area contributed by atoms with Crippen molar-refractivity contribution in [1.82, 2.24) is 5.32 Å². The third-order valence-electron chi connectivity index (χ3n) is 4.81. The number of hydrogen-bond donors (Lipinski definition) is 2. The molecule has 2 atom stereocenters. The highest BCUT2D eigenvalue weighted by Crippen LogP contribution is 2.21. The Morgan fingerprint density at radius 3 is 2.87 bits per heavy atom. The van der Waals surface area contributed by atoms with Crippen LogP contribution in [0.15, 0.2) is 71.5 Å². The Hall–Kier alpha value is -2.92. The largest absolute Gasteiger partial charge is 0.364 e.